The highest BCUT2D eigenvalue weighted by atomic mass is 32.2. The monoisotopic (exact) mass is 313 g/mol. The maximum atomic E-state index is 12.1. The molecule has 1 aromatic rings. The Morgan fingerprint density at radius 1 is 1.30 bits per heavy atom. The van der Waals surface area contributed by atoms with E-state index in [0.717, 1.165) is 6.07 Å². The first-order chi connectivity index (χ1) is 8.95. The maximum absolute atomic E-state index is 12.1. The van der Waals surface area contributed by atoms with Crippen molar-refractivity contribution in [3.05, 3.63) is 28.3 Å². The highest BCUT2D eigenvalue weighted by Crippen LogP contribution is 2.34. The van der Waals surface area contributed by atoms with E-state index in [9.17, 15) is 31.7 Å². The molecule has 1 aromatic carbocycles. The van der Waals surface area contributed by atoms with E-state index < -0.39 is 42.7 Å². The standard InChI is InChI=1S/C10H10F3NO5S/c1-6(2)20(17,18)7-3-4-9(19-10(11,12)13)8(5-7)14(15)16/h3-6H,1-2H3. The summed E-state index contributed by atoms with van der Waals surface area (Å²) in [5.41, 5.74) is -1.07. The fourth-order valence-corrected chi connectivity index (χ4v) is 2.38. The van der Waals surface area contributed by atoms with Gasteiger partial charge in [-0.25, -0.2) is 8.42 Å². The Hall–Kier alpha value is -1.84. The summed E-state index contributed by atoms with van der Waals surface area (Å²) in [6.45, 7) is 2.70. The average Bonchev–Trinajstić information content (AvgIpc) is 2.26. The average molecular weight is 313 g/mol. The molecule has 0 atom stereocenters. The van der Waals surface area contributed by atoms with Crippen LogP contribution in [-0.2, 0) is 9.84 Å². The fraction of sp³-hybridized carbons (Fsp3) is 0.400. The molecule has 10 heteroatoms. The Balaban J connectivity index is 3.39. The molecule has 0 fully saturated rings. The number of nitro groups is 1. The molecule has 0 aromatic heterocycles. The first kappa shape index (κ1) is 16.2. The molecule has 0 unspecified atom stereocenters. The topological polar surface area (TPSA) is 86.5 Å². The number of hydrogen-bond donors (Lipinski definition) is 0. The molecular weight excluding hydrogens is 303 g/mol. The molecule has 0 amide bonds. The van der Waals surface area contributed by atoms with Crippen LogP contribution in [0.25, 0.3) is 0 Å². The lowest BCUT2D eigenvalue weighted by molar-refractivity contribution is -0.388. The molecule has 0 saturated heterocycles. The summed E-state index contributed by atoms with van der Waals surface area (Å²) in [4.78, 5) is 9.15. The fourth-order valence-electron chi connectivity index (χ4n) is 1.30. The number of alkyl halides is 3. The summed E-state index contributed by atoms with van der Waals surface area (Å²) in [6, 6.07) is 2.00. The van der Waals surface area contributed by atoms with Crippen molar-refractivity contribution in [2.75, 3.05) is 0 Å². The van der Waals surface area contributed by atoms with E-state index in [2.05, 4.69) is 4.74 Å². The van der Waals surface area contributed by atoms with Gasteiger partial charge >= 0.3 is 12.0 Å². The zero-order chi connectivity index (χ0) is 15.7. The first-order valence-corrected chi connectivity index (χ1v) is 6.78. The zero-order valence-electron chi connectivity index (χ0n) is 10.3. The minimum absolute atomic E-state index is 0.436. The number of ether oxygens (including phenoxy) is 1. The molecule has 6 nitrogen and oxygen atoms in total. The van der Waals surface area contributed by atoms with Crippen LogP contribution in [0.2, 0.25) is 0 Å². The minimum Gasteiger partial charge on any atom is -0.398 e. The van der Waals surface area contributed by atoms with Gasteiger partial charge in [-0.15, -0.1) is 13.2 Å². The first-order valence-electron chi connectivity index (χ1n) is 5.23. The van der Waals surface area contributed by atoms with E-state index in [1.54, 1.807) is 0 Å². The number of halogens is 3. The van der Waals surface area contributed by atoms with Gasteiger partial charge in [0.05, 0.1) is 15.1 Å². The van der Waals surface area contributed by atoms with E-state index in [0.29, 0.717) is 12.1 Å². The van der Waals surface area contributed by atoms with Crippen molar-refractivity contribution < 1.29 is 31.2 Å². The van der Waals surface area contributed by atoms with Gasteiger partial charge < -0.3 is 4.74 Å². The molecule has 112 valence electrons. The third-order valence-electron chi connectivity index (χ3n) is 2.30. The summed E-state index contributed by atoms with van der Waals surface area (Å²) < 4.78 is 63.4. The van der Waals surface area contributed by atoms with Crippen LogP contribution >= 0.6 is 0 Å². The lowest BCUT2D eigenvalue weighted by Crippen LogP contribution is -2.18. The third-order valence-corrected chi connectivity index (χ3v) is 4.45. The van der Waals surface area contributed by atoms with Crippen molar-refractivity contribution in [1.82, 2.24) is 0 Å². The van der Waals surface area contributed by atoms with Gasteiger partial charge in [0, 0.05) is 6.07 Å². The van der Waals surface area contributed by atoms with Crippen LogP contribution in [0.5, 0.6) is 5.75 Å². The number of nitrogens with zero attached hydrogens (tertiary/aromatic N) is 1. The van der Waals surface area contributed by atoms with Crippen molar-refractivity contribution in [3.63, 3.8) is 0 Å². The van der Waals surface area contributed by atoms with Crippen molar-refractivity contribution in [2.24, 2.45) is 0 Å². The number of rotatable bonds is 4. The summed E-state index contributed by atoms with van der Waals surface area (Å²) in [5, 5.41) is 9.86. The molecule has 0 N–H and O–H groups in total. The van der Waals surface area contributed by atoms with Crippen LogP contribution in [0.1, 0.15) is 13.8 Å². The van der Waals surface area contributed by atoms with Crippen molar-refractivity contribution in [2.45, 2.75) is 30.4 Å². The van der Waals surface area contributed by atoms with Crippen LogP contribution in [-0.4, -0.2) is 25.0 Å². The summed E-state index contributed by atoms with van der Waals surface area (Å²) in [7, 11) is -3.83. The molecule has 0 bridgehead atoms. The van der Waals surface area contributed by atoms with Crippen LogP contribution in [0.4, 0.5) is 18.9 Å². The minimum atomic E-state index is -5.11. The Kier molecular flexibility index (Phi) is 4.27. The van der Waals surface area contributed by atoms with Gasteiger partial charge in [-0.1, -0.05) is 0 Å². The lowest BCUT2D eigenvalue weighted by atomic mass is 10.3. The second-order valence-corrected chi connectivity index (χ2v) is 6.53. The van der Waals surface area contributed by atoms with E-state index in [1.807, 2.05) is 0 Å². The van der Waals surface area contributed by atoms with Crippen molar-refractivity contribution in [1.29, 1.82) is 0 Å². The van der Waals surface area contributed by atoms with E-state index in [1.165, 1.54) is 13.8 Å². The number of hydrogen-bond acceptors (Lipinski definition) is 5. The SMILES string of the molecule is CC(C)S(=O)(=O)c1ccc(OC(F)(F)F)c([N+](=O)[O-])c1. The molecule has 0 aliphatic rings. The molecule has 0 aliphatic heterocycles. The smallest absolute Gasteiger partial charge is 0.398 e. The molecule has 1 rings (SSSR count). The normalized spacial score (nSPS) is 12.5. The van der Waals surface area contributed by atoms with Gasteiger partial charge in [0.1, 0.15) is 0 Å². The lowest BCUT2D eigenvalue weighted by Gasteiger charge is -2.11. The Labute approximate surface area is 112 Å². The van der Waals surface area contributed by atoms with E-state index in [4.69, 9.17) is 0 Å². The highest BCUT2D eigenvalue weighted by molar-refractivity contribution is 7.92. The van der Waals surface area contributed by atoms with Crippen LogP contribution in [0.15, 0.2) is 23.1 Å². The summed E-state index contributed by atoms with van der Waals surface area (Å²) in [6.07, 6.45) is -5.11. The number of sulfone groups is 1. The Morgan fingerprint density at radius 2 is 1.85 bits per heavy atom. The van der Waals surface area contributed by atoms with Crippen LogP contribution in [0.3, 0.4) is 0 Å². The maximum Gasteiger partial charge on any atom is 0.573 e. The quantitative estimate of drug-likeness (QED) is 0.630. The Morgan fingerprint density at radius 3 is 2.25 bits per heavy atom. The predicted octanol–water partition coefficient (Wildman–Crippen LogP) is 2.68. The second kappa shape index (κ2) is 5.27. The van der Waals surface area contributed by atoms with Gasteiger partial charge in [0.15, 0.2) is 9.84 Å². The largest absolute Gasteiger partial charge is 0.573 e. The van der Waals surface area contributed by atoms with Crippen molar-refractivity contribution >= 4 is 15.5 Å². The summed E-state index contributed by atoms with van der Waals surface area (Å²) in [5.74, 6) is -1.06. The summed E-state index contributed by atoms with van der Waals surface area (Å²) >= 11 is 0. The van der Waals surface area contributed by atoms with Gasteiger partial charge in [0.25, 0.3) is 0 Å². The van der Waals surface area contributed by atoms with Gasteiger partial charge in [-0.3, -0.25) is 10.1 Å². The van der Waals surface area contributed by atoms with Gasteiger partial charge in [-0.05, 0) is 26.0 Å². The van der Waals surface area contributed by atoms with Gasteiger partial charge in [-0.2, -0.15) is 0 Å². The second-order valence-electron chi connectivity index (χ2n) is 4.03. The Bertz CT molecular complexity index is 624. The molecule has 0 aliphatic carbocycles. The third kappa shape index (κ3) is 3.59. The van der Waals surface area contributed by atoms with Crippen molar-refractivity contribution in [3.8, 4) is 5.75 Å². The molecule has 20 heavy (non-hydrogen) atoms. The molecular formula is C10H10F3NO5S. The number of benzene rings is 1. The van der Waals surface area contributed by atoms with E-state index in [-0.39, 0.29) is 0 Å². The highest BCUT2D eigenvalue weighted by Gasteiger charge is 2.35. The zero-order valence-corrected chi connectivity index (χ0v) is 11.2. The number of nitro benzene ring substituents is 1. The predicted molar refractivity (Wildman–Crippen MR) is 62.1 cm³/mol. The van der Waals surface area contributed by atoms with Gasteiger partial charge in [0.2, 0.25) is 5.75 Å². The van der Waals surface area contributed by atoms with Crippen LogP contribution in [0, 0.1) is 10.1 Å². The molecule has 0 spiro atoms. The van der Waals surface area contributed by atoms with E-state index >= 15 is 0 Å². The molecule has 0 radical (unpaired) electrons. The molecule has 0 saturated carbocycles. The molecule has 0 heterocycles. The van der Waals surface area contributed by atoms with Crippen LogP contribution < -0.4 is 4.74 Å².